The molecule has 21 heavy (non-hydrogen) atoms. The first-order valence-corrected chi connectivity index (χ1v) is 6.92. The number of ketones is 1. The van der Waals surface area contributed by atoms with Gasteiger partial charge in [0.2, 0.25) is 5.78 Å². The van der Waals surface area contributed by atoms with E-state index in [4.69, 9.17) is 32.7 Å². The molecular weight excluding hydrogens is 315 g/mol. The van der Waals surface area contributed by atoms with Crippen molar-refractivity contribution < 1.29 is 14.3 Å². The molecule has 7 heteroatoms. The molecule has 0 N–H and O–H groups in total. The number of carbonyl (C=O) groups is 1. The summed E-state index contributed by atoms with van der Waals surface area (Å²) in [5, 5.41) is 4.81. The van der Waals surface area contributed by atoms with Crippen LogP contribution in [0.5, 0.6) is 5.75 Å². The minimum atomic E-state index is -0.298. The highest BCUT2D eigenvalue weighted by molar-refractivity contribution is 6.35. The van der Waals surface area contributed by atoms with Crippen LogP contribution in [-0.2, 0) is 11.3 Å². The molecule has 0 aliphatic carbocycles. The highest BCUT2D eigenvalue weighted by Crippen LogP contribution is 2.27. The van der Waals surface area contributed by atoms with Gasteiger partial charge in [0.1, 0.15) is 11.4 Å². The Kier molecular flexibility index (Phi) is 5.22. The zero-order valence-electron chi connectivity index (χ0n) is 11.6. The van der Waals surface area contributed by atoms with E-state index in [-0.39, 0.29) is 16.5 Å². The van der Waals surface area contributed by atoms with Crippen LogP contribution >= 0.6 is 23.2 Å². The van der Waals surface area contributed by atoms with Gasteiger partial charge in [-0.15, -0.1) is 0 Å². The number of ether oxygens (including phenoxy) is 2. The normalized spacial score (nSPS) is 10.7. The number of hydrogen-bond acceptors (Lipinski definition) is 4. The van der Waals surface area contributed by atoms with E-state index in [9.17, 15) is 4.79 Å². The fraction of sp³-hybridized carbons (Fsp3) is 0.286. The summed E-state index contributed by atoms with van der Waals surface area (Å²) < 4.78 is 11.7. The Morgan fingerprint density at radius 1 is 1.33 bits per heavy atom. The minimum absolute atomic E-state index is 0.276. The highest BCUT2D eigenvalue weighted by atomic mass is 35.5. The van der Waals surface area contributed by atoms with Crippen LogP contribution in [0.25, 0.3) is 0 Å². The molecule has 0 fully saturated rings. The number of methoxy groups -OCH3 is 2. The second-order valence-electron chi connectivity index (χ2n) is 4.23. The molecule has 5 nitrogen and oxygen atoms in total. The lowest BCUT2D eigenvalue weighted by molar-refractivity contribution is 0.102. The van der Waals surface area contributed by atoms with Gasteiger partial charge in [-0.05, 0) is 18.2 Å². The summed E-state index contributed by atoms with van der Waals surface area (Å²) in [5.41, 5.74) is 0.625. The molecule has 2 aromatic rings. The lowest BCUT2D eigenvalue weighted by Gasteiger charge is -2.10. The van der Waals surface area contributed by atoms with Gasteiger partial charge in [-0.1, -0.05) is 23.2 Å². The van der Waals surface area contributed by atoms with Crippen molar-refractivity contribution >= 4 is 29.0 Å². The summed E-state index contributed by atoms with van der Waals surface area (Å²) in [6.07, 6.45) is 1.43. The SMILES string of the molecule is COCCn1ncc(Cl)c1C(=O)c1cc(Cl)ccc1OC. The molecule has 0 radical (unpaired) electrons. The summed E-state index contributed by atoms with van der Waals surface area (Å²) in [6, 6.07) is 4.84. The first-order valence-electron chi connectivity index (χ1n) is 6.17. The molecule has 0 unspecified atom stereocenters. The maximum atomic E-state index is 12.7. The van der Waals surface area contributed by atoms with Gasteiger partial charge in [-0.3, -0.25) is 9.48 Å². The van der Waals surface area contributed by atoms with E-state index < -0.39 is 0 Å². The Balaban J connectivity index is 2.45. The van der Waals surface area contributed by atoms with Gasteiger partial charge in [0.25, 0.3) is 0 Å². The molecule has 2 rings (SSSR count). The third kappa shape index (κ3) is 3.37. The van der Waals surface area contributed by atoms with Gasteiger partial charge in [0.15, 0.2) is 0 Å². The maximum absolute atomic E-state index is 12.7. The standard InChI is InChI=1S/C14H14Cl2N2O3/c1-20-6-5-18-13(11(16)8-17-18)14(19)10-7-9(15)3-4-12(10)21-2/h3-4,7-8H,5-6H2,1-2H3. The predicted octanol–water partition coefficient (Wildman–Crippen LogP) is 3.08. The van der Waals surface area contributed by atoms with Crippen LogP contribution in [-0.4, -0.2) is 36.4 Å². The number of halogens is 2. The molecule has 0 aliphatic rings. The summed E-state index contributed by atoms with van der Waals surface area (Å²) in [4.78, 5) is 12.7. The zero-order valence-corrected chi connectivity index (χ0v) is 13.1. The van der Waals surface area contributed by atoms with Crippen LogP contribution in [0.1, 0.15) is 16.1 Å². The molecular formula is C14H14Cl2N2O3. The van der Waals surface area contributed by atoms with E-state index in [2.05, 4.69) is 5.10 Å². The average molecular weight is 329 g/mol. The lowest BCUT2D eigenvalue weighted by Crippen LogP contribution is -2.15. The molecule has 0 bridgehead atoms. The Morgan fingerprint density at radius 3 is 2.76 bits per heavy atom. The first kappa shape index (κ1) is 15.8. The first-order chi connectivity index (χ1) is 10.1. The molecule has 112 valence electrons. The summed E-state index contributed by atoms with van der Waals surface area (Å²) in [7, 11) is 3.07. The monoisotopic (exact) mass is 328 g/mol. The van der Waals surface area contributed by atoms with Crippen LogP contribution in [0, 0.1) is 0 Å². The number of benzene rings is 1. The summed E-state index contributed by atoms with van der Waals surface area (Å²) in [5.74, 6) is 0.132. The quantitative estimate of drug-likeness (QED) is 0.764. The van der Waals surface area contributed by atoms with Crippen molar-refractivity contribution in [2.24, 2.45) is 0 Å². The topological polar surface area (TPSA) is 53.4 Å². The van der Waals surface area contributed by atoms with E-state index in [1.54, 1.807) is 25.3 Å². The second-order valence-corrected chi connectivity index (χ2v) is 5.07. The Labute approximate surface area is 132 Å². The van der Waals surface area contributed by atoms with Gasteiger partial charge in [0, 0.05) is 12.1 Å². The molecule has 0 aliphatic heterocycles. The summed E-state index contributed by atoms with van der Waals surface area (Å²) >= 11 is 12.0. The van der Waals surface area contributed by atoms with E-state index in [0.717, 1.165) is 0 Å². The van der Waals surface area contributed by atoms with Crippen LogP contribution in [0.15, 0.2) is 24.4 Å². The van der Waals surface area contributed by atoms with E-state index in [1.807, 2.05) is 0 Å². The number of nitrogens with zero attached hydrogens (tertiary/aromatic N) is 2. The Hall–Kier alpha value is -1.56. The fourth-order valence-electron chi connectivity index (χ4n) is 1.92. The van der Waals surface area contributed by atoms with Crippen LogP contribution in [0.3, 0.4) is 0 Å². The van der Waals surface area contributed by atoms with Crippen LogP contribution in [0.4, 0.5) is 0 Å². The van der Waals surface area contributed by atoms with Crippen molar-refractivity contribution in [2.45, 2.75) is 6.54 Å². The zero-order chi connectivity index (χ0) is 15.4. The van der Waals surface area contributed by atoms with Gasteiger partial charge >= 0.3 is 0 Å². The third-order valence-corrected chi connectivity index (χ3v) is 3.43. The molecule has 0 saturated carbocycles. The molecule has 1 heterocycles. The van der Waals surface area contributed by atoms with Crippen molar-refractivity contribution in [2.75, 3.05) is 20.8 Å². The van der Waals surface area contributed by atoms with Gasteiger partial charge in [-0.2, -0.15) is 5.10 Å². The summed E-state index contributed by atoms with van der Waals surface area (Å²) in [6.45, 7) is 0.845. The number of hydrogen-bond donors (Lipinski definition) is 0. The number of aromatic nitrogens is 2. The Bertz CT molecular complexity index is 656. The highest BCUT2D eigenvalue weighted by Gasteiger charge is 2.22. The largest absolute Gasteiger partial charge is 0.496 e. The van der Waals surface area contributed by atoms with Crippen molar-refractivity contribution in [3.05, 3.63) is 45.7 Å². The van der Waals surface area contributed by atoms with Crippen LogP contribution in [0.2, 0.25) is 10.0 Å². The lowest BCUT2D eigenvalue weighted by atomic mass is 10.1. The minimum Gasteiger partial charge on any atom is -0.496 e. The smallest absolute Gasteiger partial charge is 0.216 e. The van der Waals surface area contributed by atoms with Gasteiger partial charge in [-0.25, -0.2) is 0 Å². The van der Waals surface area contributed by atoms with Crippen molar-refractivity contribution in [1.29, 1.82) is 0 Å². The van der Waals surface area contributed by atoms with Crippen molar-refractivity contribution in [3.63, 3.8) is 0 Å². The maximum Gasteiger partial charge on any atom is 0.216 e. The molecule has 1 aromatic carbocycles. The number of carbonyl (C=O) groups excluding carboxylic acids is 1. The molecule has 0 spiro atoms. The van der Waals surface area contributed by atoms with E-state index in [0.29, 0.717) is 29.5 Å². The van der Waals surface area contributed by atoms with Crippen molar-refractivity contribution in [3.8, 4) is 5.75 Å². The molecule has 1 aromatic heterocycles. The van der Waals surface area contributed by atoms with Crippen molar-refractivity contribution in [1.82, 2.24) is 9.78 Å². The van der Waals surface area contributed by atoms with Crippen LogP contribution < -0.4 is 4.74 Å². The molecule has 0 atom stereocenters. The second kappa shape index (κ2) is 6.93. The molecule has 0 amide bonds. The molecule has 0 saturated heterocycles. The Morgan fingerprint density at radius 2 is 2.10 bits per heavy atom. The van der Waals surface area contributed by atoms with Gasteiger partial charge < -0.3 is 9.47 Å². The third-order valence-electron chi connectivity index (χ3n) is 2.92. The predicted molar refractivity (Wildman–Crippen MR) is 80.5 cm³/mol. The fourth-order valence-corrected chi connectivity index (χ4v) is 2.32. The van der Waals surface area contributed by atoms with E-state index in [1.165, 1.54) is 18.0 Å². The average Bonchev–Trinajstić information content (AvgIpc) is 2.85. The van der Waals surface area contributed by atoms with Gasteiger partial charge in [0.05, 0.1) is 37.0 Å². The number of rotatable bonds is 6. The van der Waals surface area contributed by atoms with E-state index >= 15 is 0 Å².